The van der Waals surface area contributed by atoms with Gasteiger partial charge < -0.3 is 30.3 Å². The first kappa shape index (κ1) is 13.0. The normalized spacial score (nSPS) is 8.93. The van der Waals surface area contributed by atoms with Crippen LogP contribution in [-0.2, 0) is 17.1 Å². The minimum Gasteiger partial charge on any atom is -0.748 e. The molecule has 2 aromatic rings. The van der Waals surface area contributed by atoms with Gasteiger partial charge in [0.05, 0.1) is 0 Å². The molecule has 14 heavy (non-hydrogen) atoms. The minimum atomic E-state index is 0. The molecule has 0 fully saturated rings. The van der Waals surface area contributed by atoms with Crippen LogP contribution < -0.4 is 0 Å². The largest absolute Gasteiger partial charge is 0.748 e. The summed E-state index contributed by atoms with van der Waals surface area (Å²) in [6, 6.07) is 18.2. The van der Waals surface area contributed by atoms with Crippen LogP contribution in [0.2, 0.25) is 0 Å². The van der Waals surface area contributed by atoms with Gasteiger partial charge in [0.15, 0.2) is 0 Å². The zero-order valence-corrected chi connectivity index (χ0v) is 9.31. The predicted molar refractivity (Wildman–Crippen MR) is 58.8 cm³/mol. The summed E-state index contributed by atoms with van der Waals surface area (Å²) in [6.45, 7) is 2.02. The van der Waals surface area contributed by atoms with Crippen molar-refractivity contribution in [1.29, 1.82) is 0 Å². The Morgan fingerprint density at radius 2 is 1.36 bits per heavy atom. The Labute approximate surface area is 96.5 Å². The maximum atomic E-state index is 2.08. The van der Waals surface area contributed by atoms with Crippen LogP contribution in [0.5, 0.6) is 0 Å². The van der Waals surface area contributed by atoms with Gasteiger partial charge in [0.2, 0.25) is 0 Å². The molecule has 0 aromatic heterocycles. The van der Waals surface area contributed by atoms with Gasteiger partial charge in [-0.2, -0.15) is 18.2 Å². The molecule has 0 aliphatic rings. The van der Waals surface area contributed by atoms with Gasteiger partial charge >= 0.3 is 0 Å². The Hall–Kier alpha value is -1.04. The standard InChI is InChI=1S/C8H9.C5H5.Fe/c1-2-5-8-6-3-4-7-8;1-2-4-5-3-1;/h2-7H,1H3;1-5H;/q-1;-5;/b5-2+;;. The molecule has 0 nitrogen and oxygen atoms in total. The van der Waals surface area contributed by atoms with E-state index in [0.717, 1.165) is 0 Å². The van der Waals surface area contributed by atoms with Crippen LogP contribution in [0, 0.1) is 0 Å². The van der Waals surface area contributed by atoms with Crippen molar-refractivity contribution < 1.29 is 17.1 Å². The number of hydrogen-bond donors (Lipinski definition) is 0. The summed E-state index contributed by atoms with van der Waals surface area (Å²) in [5.41, 5.74) is 1.28. The molecular formula is C13H14Fe-6. The minimum absolute atomic E-state index is 0. The molecule has 2 aromatic carbocycles. The average Bonchev–Trinajstić information content (AvgIpc) is 2.79. The number of hydrogen-bond acceptors (Lipinski definition) is 0. The van der Waals surface area contributed by atoms with Crippen molar-refractivity contribution >= 4 is 6.08 Å². The van der Waals surface area contributed by atoms with Gasteiger partial charge in [0, 0.05) is 17.1 Å². The molecule has 2 rings (SSSR count). The van der Waals surface area contributed by atoms with E-state index >= 15 is 0 Å². The Balaban J connectivity index is 0.000000246. The van der Waals surface area contributed by atoms with Gasteiger partial charge in [-0.15, -0.1) is 23.8 Å². The van der Waals surface area contributed by atoms with Gasteiger partial charge in [-0.05, 0) is 0 Å². The first-order valence-electron chi connectivity index (χ1n) is 4.44. The van der Waals surface area contributed by atoms with E-state index in [1.54, 1.807) is 0 Å². The van der Waals surface area contributed by atoms with Crippen LogP contribution in [0.25, 0.3) is 6.08 Å². The van der Waals surface area contributed by atoms with Crippen LogP contribution in [-0.4, -0.2) is 0 Å². The summed E-state index contributed by atoms with van der Waals surface area (Å²) in [6.07, 6.45) is 4.12. The van der Waals surface area contributed by atoms with E-state index in [-0.39, 0.29) is 17.1 Å². The first-order chi connectivity index (χ1) is 6.43. The molecule has 1 heteroatoms. The van der Waals surface area contributed by atoms with Crippen molar-refractivity contribution in [3.63, 3.8) is 0 Å². The molecule has 80 valence electrons. The Morgan fingerprint density at radius 3 is 1.71 bits per heavy atom. The molecule has 0 spiro atoms. The molecule has 0 saturated heterocycles. The van der Waals surface area contributed by atoms with E-state index in [9.17, 15) is 0 Å². The predicted octanol–water partition coefficient (Wildman–Crippen LogP) is 3.84. The maximum Gasteiger partial charge on any atom is 0 e. The summed E-state index contributed by atoms with van der Waals surface area (Å²) >= 11 is 0. The fourth-order valence-corrected chi connectivity index (χ4v) is 1.01. The van der Waals surface area contributed by atoms with Crippen molar-refractivity contribution in [3.05, 3.63) is 66.2 Å². The van der Waals surface area contributed by atoms with Crippen LogP contribution in [0.1, 0.15) is 12.5 Å². The fourth-order valence-electron chi connectivity index (χ4n) is 1.01. The molecule has 0 bridgehead atoms. The van der Waals surface area contributed by atoms with Crippen molar-refractivity contribution in [1.82, 2.24) is 0 Å². The second-order valence-electron chi connectivity index (χ2n) is 2.68. The number of rotatable bonds is 1. The van der Waals surface area contributed by atoms with Crippen molar-refractivity contribution in [2.75, 3.05) is 0 Å². The van der Waals surface area contributed by atoms with Crippen molar-refractivity contribution in [2.45, 2.75) is 6.92 Å². The first-order valence-corrected chi connectivity index (χ1v) is 4.44. The van der Waals surface area contributed by atoms with E-state index in [2.05, 4.69) is 18.2 Å². The van der Waals surface area contributed by atoms with E-state index in [0.29, 0.717) is 0 Å². The van der Waals surface area contributed by atoms with Gasteiger partial charge in [0.25, 0.3) is 0 Å². The number of allylic oxidation sites excluding steroid dienone is 1. The second kappa shape index (κ2) is 8.55. The topological polar surface area (TPSA) is 0 Å². The van der Waals surface area contributed by atoms with Crippen molar-refractivity contribution in [3.8, 4) is 0 Å². The molecule has 0 aliphatic carbocycles. The Bertz CT molecular complexity index is 284. The third-order valence-electron chi connectivity index (χ3n) is 1.60. The molecule has 0 N–H and O–H groups in total. The average molecular weight is 226 g/mol. The van der Waals surface area contributed by atoms with Gasteiger partial charge in [-0.3, -0.25) is 0 Å². The van der Waals surface area contributed by atoms with E-state index in [1.165, 1.54) is 5.56 Å². The third-order valence-corrected chi connectivity index (χ3v) is 1.60. The molecule has 0 heterocycles. The molecule has 0 radical (unpaired) electrons. The van der Waals surface area contributed by atoms with Gasteiger partial charge in [-0.1, -0.05) is 6.92 Å². The van der Waals surface area contributed by atoms with Crippen LogP contribution in [0.3, 0.4) is 0 Å². The summed E-state index contributed by atoms with van der Waals surface area (Å²) in [4.78, 5) is 0. The quantitative estimate of drug-likeness (QED) is 0.511. The van der Waals surface area contributed by atoms with Crippen LogP contribution in [0.15, 0.2) is 60.7 Å². The summed E-state index contributed by atoms with van der Waals surface area (Å²) in [7, 11) is 0. The van der Waals surface area contributed by atoms with E-state index < -0.39 is 0 Å². The Kier molecular flexibility index (Phi) is 7.92. The third kappa shape index (κ3) is 5.58. The molecule has 0 amide bonds. The summed E-state index contributed by atoms with van der Waals surface area (Å²) in [5, 5.41) is 0. The zero-order chi connectivity index (χ0) is 9.36. The monoisotopic (exact) mass is 226 g/mol. The maximum absolute atomic E-state index is 2.08. The van der Waals surface area contributed by atoms with Crippen LogP contribution in [0.4, 0.5) is 0 Å². The van der Waals surface area contributed by atoms with Gasteiger partial charge in [0.1, 0.15) is 0 Å². The molecular weight excluding hydrogens is 212 g/mol. The van der Waals surface area contributed by atoms with Gasteiger partial charge in [-0.25, -0.2) is 0 Å². The van der Waals surface area contributed by atoms with E-state index in [1.807, 2.05) is 55.5 Å². The van der Waals surface area contributed by atoms with E-state index in [4.69, 9.17) is 0 Å². The summed E-state index contributed by atoms with van der Waals surface area (Å²) in [5.74, 6) is 0. The SMILES string of the molecule is C/C=C/[c-]1cccc1.[Fe].[cH-]1[cH-][cH-][cH-][cH-]1. The van der Waals surface area contributed by atoms with Crippen LogP contribution >= 0.6 is 0 Å². The fraction of sp³-hybridized carbons (Fsp3) is 0.0769. The zero-order valence-electron chi connectivity index (χ0n) is 8.20. The molecule has 0 atom stereocenters. The molecule has 0 unspecified atom stereocenters. The smallest absolute Gasteiger partial charge is 0 e. The van der Waals surface area contributed by atoms with Crippen molar-refractivity contribution in [2.24, 2.45) is 0 Å². The Morgan fingerprint density at radius 1 is 0.929 bits per heavy atom. The molecule has 0 saturated carbocycles. The second-order valence-corrected chi connectivity index (χ2v) is 2.68. The molecule has 0 aliphatic heterocycles. The summed E-state index contributed by atoms with van der Waals surface area (Å²) < 4.78 is 0.